The van der Waals surface area contributed by atoms with E-state index in [0.717, 1.165) is 38.0 Å². The smallest absolute Gasteiger partial charge is 0.160 e. The number of phenolic OH excluding ortho intramolecular Hbond substituents is 1. The Hall–Kier alpha value is -1.26. The first-order chi connectivity index (χ1) is 8.72. The van der Waals surface area contributed by atoms with Crippen LogP contribution >= 0.6 is 0 Å². The van der Waals surface area contributed by atoms with Crippen LogP contribution in [-0.4, -0.2) is 41.9 Å². The van der Waals surface area contributed by atoms with Crippen molar-refractivity contribution in [2.75, 3.05) is 26.8 Å². The number of piperidine rings is 1. The maximum atomic E-state index is 9.55. The van der Waals surface area contributed by atoms with Gasteiger partial charge in [0.1, 0.15) is 0 Å². The molecule has 0 aliphatic carbocycles. The van der Waals surface area contributed by atoms with Gasteiger partial charge in [-0.25, -0.2) is 0 Å². The van der Waals surface area contributed by atoms with Gasteiger partial charge in [0.2, 0.25) is 0 Å². The van der Waals surface area contributed by atoms with Crippen LogP contribution in [-0.2, 0) is 6.54 Å². The van der Waals surface area contributed by atoms with Crippen LogP contribution < -0.4 is 4.74 Å². The van der Waals surface area contributed by atoms with Gasteiger partial charge in [-0.1, -0.05) is 6.07 Å². The Morgan fingerprint density at radius 1 is 1.44 bits per heavy atom. The van der Waals surface area contributed by atoms with Crippen LogP contribution in [0.5, 0.6) is 11.5 Å². The predicted molar refractivity (Wildman–Crippen MR) is 69.7 cm³/mol. The molecule has 1 aromatic carbocycles. The number of aliphatic hydroxyl groups excluding tert-OH is 1. The van der Waals surface area contributed by atoms with Gasteiger partial charge >= 0.3 is 0 Å². The molecule has 2 rings (SSSR count). The molecular formula is C14H21NO3. The first-order valence-corrected chi connectivity index (χ1v) is 6.42. The Bertz CT molecular complexity index is 395. The zero-order valence-corrected chi connectivity index (χ0v) is 10.8. The fraction of sp³-hybridized carbons (Fsp3) is 0.571. The summed E-state index contributed by atoms with van der Waals surface area (Å²) in [4.78, 5) is 2.34. The standard InChI is InChI=1S/C14H21NO3/c1-18-14-7-11(4-5-13(14)17)8-15-6-2-3-12(9-15)10-16/h4-5,7,12,16-17H,2-3,6,8-10H2,1H3. The van der Waals surface area contributed by atoms with Gasteiger partial charge < -0.3 is 14.9 Å². The first-order valence-electron chi connectivity index (χ1n) is 6.42. The van der Waals surface area contributed by atoms with E-state index in [1.54, 1.807) is 13.2 Å². The van der Waals surface area contributed by atoms with E-state index in [1.807, 2.05) is 12.1 Å². The van der Waals surface area contributed by atoms with Crippen molar-refractivity contribution in [1.29, 1.82) is 0 Å². The number of hydrogen-bond acceptors (Lipinski definition) is 4. The highest BCUT2D eigenvalue weighted by Gasteiger charge is 2.19. The van der Waals surface area contributed by atoms with Gasteiger partial charge in [0, 0.05) is 19.7 Å². The lowest BCUT2D eigenvalue weighted by Gasteiger charge is -2.31. The van der Waals surface area contributed by atoms with Gasteiger partial charge in [-0.15, -0.1) is 0 Å². The van der Waals surface area contributed by atoms with Crippen LogP contribution in [0, 0.1) is 5.92 Å². The largest absolute Gasteiger partial charge is 0.504 e. The summed E-state index contributed by atoms with van der Waals surface area (Å²) in [6.45, 7) is 3.13. The number of rotatable bonds is 4. The normalized spacial score (nSPS) is 20.9. The molecule has 0 radical (unpaired) electrons. The quantitative estimate of drug-likeness (QED) is 0.853. The van der Waals surface area contributed by atoms with E-state index in [-0.39, 0.29) is 12.4 Å². The SMILES string of the molecule is COc1cc(CN2CCCC(CO)C2)ccc1O. The monoisotopic (exact) mass is 251 g/mol. The highest BCUT2D eigenvalue weighted by molar-refractivity contribution is 5.41. The number of hydrogen-bond donors (Lipinski definition) is 2. The lowest BCUT2D eigenvalue weighted by Crippen LogP contribution is -2.36. The van der Waals surface area contributed by atoms with E-state index < -0.39 is 0 Å². The topological polar surface area (TPSA) is 52.9 Å². The van der Waals surface area contributed by atoms with Gasteiger partial charge in [-0.05, 0) is 43.0 Å². The van der Waals surface area contributed by atoms with Gasteiger partial charge in [0.05, 0.1) is 7.11 Å². The van der Waals surface area contributed by atoms with Crippen molar-refractivity contribution in [3.63, 3.8) is 0 Å². The van der Waals surface area contributed by atoms with Crippen LogP contribution in [0.3, 0.4) is 0 Å². The molecule has 4 nitrogen and oxygen atoms in total. The molecule has 1 atom stereocenters. The van der Waals surface area contributed by atoms with Crippen LogP contribution in [0.4, 0.5) is 0 Å². The van der Waals surface area contributed by atoms with Crippen molar-refractivity contribution in [2.24, 2.45) is 5.92 Å². The number of nitrogens with zero attached hydrogens (tertiary/aromatic N) is 1. The van der Waals surface area contributed by atoms with Crippen LogP contribution in [0.2, 0.25) is 0 Å². The lowest BCUT2D eigenvalue weighted by molar-refractivity contribution is 0.116. The fourth-order valence-corrected chi connectivity index (χ4v) is 2.52. The maximum absolute atomic E-state index is 9.55. The van der Waals surface area contributed by atoms with Crippen molar-refractivity contribution in [3.05, 3.63) is 23.8 Å². The minimum atomic E-state index is 0.174. The molecule has 1 saturated heterocycles. The van der Waals surface area contributed by atoms with E-state index in [1.165, 1.54) is 0 Å². The molecule has 0 amide bonds. The third kappa shape index (κ3) is 3.15. The number of aliphatic hydroxyl groups is 1. The van der Waals surface area contributed by atoms with Crippen molar-refractivity contribution in [2.45, 2.75) is 19.4 Å². The summed E-state index contributed by atoms with van der Waals surface area (Å²) in [6.07, 6.45) is 2.26. The number of likely N-dealkylation sites (tertiary alicyclic amines) is 1. The minimum Gasteiger partial charge on any atom is -0.504 e. The second kappa shape index (κ2) is 6.07. The van der Waals surface area contributed by atoms with Gasteiger partial charge in [0.25, 0.3) is 0 Å². The van der Waals surface area contributed by atoms with E-state index in [9.17, 15) is 10.2 Å². The fourth-order valence-electron chi connectivity index (χ4n) is 2.52. The minimum absolute atomic E-state index is 0.174. The molecule has 0 aromatic heterocycles. The maximum Gasteiger partial charge on any atom is 0.160 e. The average molecular weight is 251 g/mol. The Labute approximate surface area is 108 Å². The predicted octanol–water partition coefficient (Wildman–Crippen LogP) is 1.61. The number of phenols is 1. The molecule has 1 aliphatic heterocycles. The molecule has 2 N–H and O–H groups in total. The van der Waals surface area contributed by atoms with E-state index in [4.69, 9.17) is 4.74 Å². The molecule has 1 unspecified atom stereocenters. The molecule has 1 aliphatic rings. The summed E-state index contributed by atoms with van der Waals surface area (Å²) in [6, 6.07) is 5.46. The second-order valence-electron chi connectivity index (χ2n) is 4.93. The molecule has 0 saturated carbocycles. The molecule has 1 aromatic rings. The zero-order valence-electron chi connectivity index (χ0n) is 10.8. The molecule has 0 spiro atoms. The third-order valence-electron chi connectivity index (χ3n) is 3.51. The summed E-state index contributed by atoms with van der Waals surface area (Å²) in [5, 5.41) is 18.8. The number of aromatic hydroxyl groups is 1. The summed E-state index contributed by atoms with van der Waals surface area (Å²) in [7, 11) is 1.56. The molecule has 1 heterocycles. The molecule has 0 bridgehead atoms. The number of ether oxygens (including phenoxy) is 1. The molecule has 1 fully saturated rings. The summed E-state index contributed by atoms with van der Waals surface area (Å²) in [5.74, 6) is 1.09. The highest BCUT2D eigenvalue weighted by Crippen LogP contribution is 2.27. The van der Waals surface area contributed by atoms with Gasteiger partial charge in [-0.2, -0.15) is 0 Å². The van der Waals surface area contributed by atoms with Gasteiger partial charge in [0.15, 0.2) is 11.5 Å². The van der Waals surface area contributed by atoms with Gasteiger partial charge in [-0.3, -0.25) is 4.90 Å². The van der Waals surface area contributed by atoms with Crippen molar-refractivity contribution in [3.8, 4) is 11.5 Å². The van der Waals surface area contributed by atoms with Crippen molar-refractivity contribution >= 4 is 0 Å². The molecule has 4 heteroatoms. The van der Waals surface area contributed by atoms with Crippen LogP contribution in [0.1, 0.15) is 18.4 Å². The lowest BCUT2D eigenvalue weighted by atomic mass is 9.98. The summed E-state index contributed by atoms with van der Waals surface area (Å²) in [5.41, 5.74) is 1.13. The summed E-state index contributed by atoms with van der Waals surface area (Å²) >= 11 is 0. The Balaban J connectivity index is 2.00. The molecular weight excluding hydrogens is 230 g/mol. The van der Waals surface area contributed by atoms with Crippen molar-refractivity contribution < 1.29 is 14.9 Å². The Morgan fingerprint density at radius 3 is 3.00 bits per heavy atom. The third-order valence-corrected chi connectivity index (χ3v) is 3.51. The first kappa shape index (κ1) is 13.2. The van der Waals surface area contributed by atoms with Crippen molar-refractivity contribution in [1.82, 2.24) is 4.90 Å². The average Bonchev–Trinajstić information content (AvgIpc) is 2.41. The molecule has 18 heavy (non-hydrogen) atoms. The Morgan fingerprint density at radius 2 is 2.28 bits per heavy atom. The number of benzene rings is 1. The van der Waals surface area contributed by atoms with Crippen LogP contribution in [0.15, 0.2) is 18.2 Å². The summed E-state index contributed by atoms with van der Waals surface area (Å²) < 4.78 is 5.11. The van der Waals surface area contributed by atoms with Crippen LogP contribution in [0.25, 0.3) is 0 Å². The highest BCUT2D eigenvalue weighted by atomic mass is 16.5. The van der Waals surface area contributed by atoms with E-state index in [2.05, 4.69) is 4.90 Å². The molecule has 100 valence electrons. The number of methoxy groups -OCH3 is 1. The zero-order chi connectivity index (χ0) is 13.0. The Kier molecular flexibility index (Phi) is 4.44. The van der Waals surface area contributed by atoms with E-state index in [0.29, 0.717) is 11.7 Å². The van der Waals surface area contributed by atoms with E-state index >= 15 is 0 Å². The second-order valence-corrected chi connectivity index (χ2v) is 4.93.